The number of esters is 1. The Hall–Kier alpha value is -2.87. The van der Waals surface area contributed by atoms with Crippen LogP contribution in [-0.4, -0.2) is 39.2 Å². The number of nitrogens with one attached hydrogen (secondary N) is 1. The molecule has 2 rings (SSSR count). The molecule has 0 aliphatic carbocycles. The van der Waals surface area contributed by atoms with E-state index < -0.39 is 27.9 Å². The van der Waals surface area contributed by atoms with Gasteiger partial charge in [0.05, 0.1) is 24.1 Å². The van der Waals surface area contributed by atoms with E-state index in [1.165, 1.54) is 4.31 Å². The van der Waals surface area contributed by atoms with Gasteiger partial charge in [0.15, 0.2) is 0 Å². The minimum Gasteiger partial charge on any atom is -0.462 e. The van der Waals surface area contributed by atoms with Gasteiger partial charge < -0.3 is 10.1 Å². The topological polar surface area (TPSA) is 92.8 Å². The van der Waals surface area contributed by atoms with E-state index in [0.29, 0.717) is 22.5 Å². The zero-order valence-corrected chi connectivity index (χ0v) is 19.7. The van der Waals surface area contributed by atoms with Gasteiger partial charge in [0, 0.05) is 5.69 Å². The van der Waals surface area contributed by atoms with Crippen LogP contribution >= 0.6 is 0 Å². The van der Waals surface area contributed by atoms with Gasteiger partial charge in [-0.3, -0.25) is 9.10 Å². The van der Waals surface area contributed by atoms with E-state index in [9.17, 15) is 18.0 Å². The molecule has 168 valence electrons. The normalized spacial score (nSPS) is 12.2. The molecule has 0 saturated carbocycles. The second kappa shape index (κ2) is 9.96. The molecule has 0 bridgehead atoms. The molecule has 1 atom stereocenters. The first kappa shape index (κ1) is 24.4. The summed E-state index contributed by atoms with van der Waals surface area (Å²) in [4.78, 5) is 25.1. The van der Waals surface area contributed by atoms with Crippen molar-refractivity contribution in [3.8, 4) is 0 Å². The standard InChI is InChI=1S/C23H30N2O5S/c1-7-21(25(31(6,28)29)19-12-15(3)11-16(4)13-19)22(26)24-20-10-9-18(14-17(20)5)23(27)30-8-2/h9-14,21H,7-8H2,1-6H3,(H,24,26). The summed E-state index contributed by atoms with van der Waals surface area (Å²) in [5.74, 6) is -0.882. The summed E-state index contributed by atoms with van der Waals surface area (Å²) in [6.07, 6.45) is 1.38. The number of anilines is 2. The van der Waals surface area contributed by atoms with Gasteiger partial charge in [0.2, 0.25) is 15.9 Å². The third kappa shape index (κ3) is 6.07. The molecule has 0 fully saturated rings. The average Bonchev–Trinajstić information content (AvgIpc) is 2.65. The third-order valence-electron chi connectivity index (χ3n) is 4.79. The molecule has 1 amide bonds. The highest BCUT2D eigenvalue weighted by Crippen LogP contribution is 2.26. The molecule has 0 radical (unpaired) electrons. The molecule has 0 spiro atoms. The number of rotatable bonds is 8. The average molecular weight is 447 g/mol. The molecule has 7 nitrogen and oxygen atoms in total. The molecule has 0 aliphatic heterocycles. The molecule has 8 heteroatoms. The first-order chi connectivity index (χ1) is 14.5. The minimum atomic E-state index is -3.72. The van der Waals surface area contributed by atoms with Crippen molar-refractivity contribution in [3.63, 3.8) is 0 Å². The van der Waals surface area contributed by atoms with Gasteiger partial charge in [-0.25, -0.2) is 13.2 Å². The monoisotopic (exact) mass is 446 g/mol. The molecule has 31 heavy (non-hydrogen) atoms. The lowest BCUT2D eigenvalue weighted by Crippen LogP contribution is -2.47. The summed E-state index contributed by atoms with van der Waals surface area (Å²) in [6.45, 7) is 9.29. The van der Waals surface area contributed by atoms with E-state index in [0.717, 1.165) is 17.4 Å². The van der Waals surface area contributed by atoms with E-state index in [2.05, 4.69) is 5.32 Å². The lowest BCUT2D eigenvalue weighted by Gasteiger charge is -2.30. The predicted octanol–water partition coefficient (Wildman–Crippen LogP) is 3.97. The SMILES string of the molecule is CCOC(=O)c1ccc(NC(=O)C(CC)N(c2cc(C)cc(C)c2)S(C)(=O)=O)c(C)c1. The number of aryl methyl sites for hydroxylation is 3. The summed E-state index contributed by atoms with van der Waals surface area (Å²) >= 11 is 0. The van der Waals surface area contributed by atoms with Crippen LogP contribution in [0.15, 0.2) is 36.4 Å². The highest BCUT2D eigenvalue weighted by atomic mass is 32.2. The zero-order chi connectivity index (χ0) is 23.3. The highest BCUT2D eigenvalue weighted by Gasteiger charge is 2.32. The van der Waals surface area contributed by atoms with Gasteiger partial charge in [-0.2, -0.15) is 0 Å². The van der Waals surface area contributed by atoms with E-state index in [1.807, 2.05) is 19.9 Å². The molecule has 0 heterocycles. The Morgan fingerprint density at radius 3 is 2.13 bits per heavy atom. The number of benzene rings is 2. The summed E-state index contributed by atoms with van der Waals surface area (Å²) < 4.78 is 31.5. The fraction of sp³-hybridized carbons (Fsp3) is 0.391. The van der Waals surface area contributed by atoms with Crippen LogP contribution in [0.25, 0.3) is 0 Å². The van der Waals surface area contributed by atoms with Gasteiger partial charge >= 0.3 is 5.97 Å². The second-order valence-corrected chi connectivity index (χ2v) is 9.43. The molecular weight excluding hydrogens is 416 g/mol. The summed E-state index contributed by atoms with van der Waals surface area (Å²) in [5, 5.41) is 2.81. The van der Waals surface area contributed by atoms with Gasteiger partial charge in [-0.05, 0) is 81.1 Å². The lowest BCUT2D eigenvalue weighted by atomic mass is 10.1. The Balaban J connectivity index is 2.37. The van der Waals surface area contributed by atoms with E-state index >= 15 is 0 Å². The van der Waals surface area contributed by atoms with E-state index in [-0.39, 0.29) is 13.0 Å². The summed E-state index contributed by atoms with van der Waals surface area (Å²) in [6, 6.07) is 9.34. The van der Waals surface area contributed by atoms with Crippen molar-refractivity contribution in [2.45, 2.75) is 47.1 Å². The first-order valence-corrected chi connectivity index (χ1v) is 12.0. The van der Waals surface area contributed by atoms with Crippen molar-refractivity contribution in [1.82, 2.24) is 0 Å². The van der Waals surface area contributed by atoms with Crippen LogP contribution in [0.2, 0.25) is 0 Å². The van der Waals surface area contributed by atoms with Gasteiger partial charge in [0.25, 0.3) is 0 Å². The van der Waals surface area contributed by atoms with Crippen LogP contribution in [-0.2, 0) is 19.6 Å². The molecule has 2 aromatic rings. The largest absolute Gasteiger partial charge is 0.462 e. The van der Waals surface area contributed by atoms with Crippen molar-refractivity contribution < 1.29 is 22.7 Å². The molecule has 0 aliphatic rings. The maximum absolute atomic E-state index is 13.1. The van der Waals surface area contributed by atoms with E-state index in [1.54, 1.807) is 51.1 Å². The van der Waals surface area contributed by atoms with Crippen LogP contribution in [0.5, 0.6) is 0 Å². The lowest BCUT2D eigenvalue weighted by molar-refractivity contribution is -0.117. The summed E-state index contributed by atoms with van der Waals surface area (Å²) in [5.41, 5.74) is 3.83. The molecular formula is C23H30N2O5S. The maximum Gasteiger partial charge on any atom is 0.338 e. The molecule has 2 aromatic carbocycles. The number of carbonyl (C=O) groups excluding carboxylic acids is 2. The maximum atomic E-state index is 13.1. The van der Waals surface area contributed by atoms with Gasteiger partial charge in [-0.15, -0.1) is 0 Å². The van der Waals surface area contributed by atoms with Crippen LogP contribution < -0.4 is 9.62 Å². The number of sulfonamides is 1. The molecule has 1 N–H and O–H groups in total. The van der Waals surface area contributed by atoms with Crippen LogP contribution in [0.3, 0.4) is 0 Å². The number of nitrogens with zero attached hydrogens (tertiary/aromatic N) is 1. The molecule has 1 unspecified atom stereocenters. The Labute approximate surface area is 184 Å². The Morgan fingerprint density at radius 2 is 1.65 bits per heavy atom. The van der Waals surface area contributed by atoms with Crippen molar-refractivity contribution in [3.05, 3.63) is 58.7 Å². The molecule has 0 aromatic heterocycles. The second-order valence-electron chi connectivity index (χ2n) is 7.57. The van der Waals surface area contributed by atoms with Crippen LogP contribution in [0.1, 0.15) is 47.3 Å². The highest BCUT2D eigenvalue weighted by molar-refractivity contribution is 7.92. The minimum absolute atomic E-state index is 0.272. The van der Waals surface area contributed by atoms with Gasteiger partial charge in [-0.1, -0.05) is 13.0 Å². The van der Waals surface area contributed by atoms with Crippen LogP contribution in [0.4, 0.5) is 11.4 Å². The zero-order valence-electron chi connectivity index (χ0n) is 18.9. The van der Waals surface area contributed by atoms with Crippen molar-refractivity contribution in [2.24, 2.45) is 0 Å². The van der Waals surface area contributed by atoms with Crippen molar-refractivity contribution >= 4 is 33.3 Å². The Bertz CT molecular complexity index is 1060. The van der Waals surface area contributed by atoms with Gasteiger partial charge in [0.1, 0.15) is 6.04 Å². The smallest absolute Gasteiger partial charge is 0.338 e. The summed E-state index contributed by atoms with van der Waals surface area (Å²) in [7, 11) is -3.72. The first-order valence-electron chi connectivity index (χ1n) is 10.1. The number of hydrogen-bond acceptors (Lipinski definition) is 5. The van der Waals surface area contributed by atoms with Crippen molar-refractivity contribution in [2.75, 3.05) is 22.5 Å². The third-order valence-corrected chi connectivity index (χ3v) is 5.97. The van der Waals surface area contributed by atoms with Crippen molar-refractivity contribution in [1.29, 1.82) is 0 Å². The number of hydrogen-bond donors (Lipinski definition) is 1. The molecule has 0 saturated heterocycles. The number of ether oxygens (including phenoxy) is 1. The Morgan fingerprint density at radius 1 is 1.03 bits per heavy atom. The fourth-order valence-electron chi connectivity index (χ4n) is 3.50. The number of carbonyl (C=O) groups is 2. The quantitative estimate of drug-likeness (QED) is 0.620. The predicted molar refractivity (Wildman–Crippen MR) is 123 cm³/mol. The number of amides is 1. The van der Waals surface area contributed by atoms with E-state index in [4.69, 9.17) is 4.74 Å². The fourth-order valence-corrected chi connectivity index (χ4v) is 4.69. The van der Waals surface area contributed by atoms with Crippen LogP contribution in [0, 0.1) is 20.8 Å². The Kier molecular flexibility index (Phi) is 7.84.